The van der Waals surface area contributed by atoms with Crippen LogP contribution >= 0.6 is 0 Å². The molecule has 12 rings (SSSR count). The lowest BCUT2D eigenvalue weighted by Crippen LogP contribution is -1.93. The maximum absolute atomic E-state index is 5.16. The average Bonchev–Trinajstić information content (AvgIpc) is 3.71. The van der Waals surface area contributed by atoms with Gasteiger partial charge in [-0.3, -0.25) is 4.40 Å². The Morgan fingerprint density at radius 2 is 0.881 bits per heavy atom. The quantitative estimate of drug-likeness (QED) is 0.126. The van der Waals surface area contributed by atoms with Crippen molar-refractivity contribution in [3.63, 3.8) is 0 Å². The molecule has 1 aliphatic rings. The largest absolute Gasteiger partial charge is 0.292 e. The first-order valence-electron chi connectivity index (χ1n) is 20.6. The van der Waals surface area contributed by atoms with Gasteiger partial charge in [0.25, 0.3) is 0 Å². The summed E-state index contributed by atoms with van der Waals surface area (Å²) in [5.74, 6) is 0. The number of hydrogen-bond acceptors (Lipinski definition) is 1. The SMILES string of the molecule is C1=CC(c2ccc(-c3c4ccccc4c(-c4ccc(-c5ccccc5)cc4)c4cc(-c5ccc6c(c5)c5ccccc5n5c7ccccc7nc65)ccc34)cc2)=CCC1. The van der Waals surface area contributed by atoms with Crippen LogP contribution in [0.2, 0.25) is 0 Å². The van der Waals surface area contributed by atoms with E-state index in [1.54, 1.807) is 0 Å². The summed E-state index contributed by atoms with van der Waals surface area (Å²) in [6, 6.07) is 69.2. The molecule has 2 heterocycles. The lowest BCUT2D eigenvalue weighted by molar-refractivity contribution is 1.04. The van der Waals surface area contributed by atoms with Crippen LogP contribution in [0.25, 0.3) is 110 Å². The number of allylic oxidation sites excluding steroid dienone is 4. The van der Waals surface area contributed by atoms with Gasteiger partial charge in [0.1, 0.15) is 5.65 Å². The van der Waals surface area contributed by atoms with Gasteiger partial charge in [0.05, 0.1) is 16.6 Å². The molecule has 0 amide bonds. The second kappa shape index (κ2) is 13.5. The first-order chi connectivity index (χ1) is 29.3. The number of hydrogen-bond donors (Lipinski definition) is 0. The molecule has 0 unspecified atom stereocenters. The summed E-state index contributed by atoms with van der Waals surface area (Å²) in [7, 11) is 0. The van der Waals surface area contributed by atoms with Crippen molar-refractivity contribution in [2.75, 3.05) is 0 Å². The normalized spacial score (nSPS) is 13.0. The van der Waals surface area contributed by atoms with Crippen LogP contribution in [0.5, 0.6) is 0 Å². The molecule has 0 bridgehead atoms. The third-order valence-electron chi connectivity index (χ3n) is 12.4. The van der Waals surface area contributed by atoms with Crippen molar-refractivity contribution < 1.29 is 0 Å². The number of imidazole rings is 1. The van der Waals surface area contributed by atoms with Crippen LogP contribution in [0.1, 0.15) is 18.4 Å². The molecular weight excluding hydrogens is 713 g/mol. The smallest absolute Gasteiger partial charge is 0.146 e. The highest BCUT2D eigenvalue weighted by Gasteiger charge is 2.19. The molecule has 0 saturated carbocycles. The van der Waals surface area contributed by atoms with Gasteiger partial charge in [0.2, 0.25) is 0 Å². The molecule has 2 nitrogen and oxygen atoms in total. The molecule has 0 saturated heterocycles. The Balaban J connectivity index is 1.10. The average molecular weight is 751 g/mol. The molecule has 276 valence electrons. The van der Waals surface area contributed by atoms with E-state index in [1.165, 1.54) is 93.5 Å². The summed E-state index contributed by atoms with van der Waals surface area (Å²) in [5.41, 5.74) is 16.6. The summed E-state index contributed by atoms with van der Waals surface area (Å²) >= 11 is 0. The molecule has 59 heavy (non-hydrogen) atoms. The first kappa shape index (κ1) is 33.6. The fourth-order valence-corrected chi connectivity index (χ4v) is 9.59. The van der Waals surface area contributed by atoms with Gasteiger partial charge in [-0.25, -0.2) is 4.98 Å². The van der Waals surface area contributed by atoms with Crippen molar-refractivity contribution in [2.45, 2.75) is 12.8 Å². The van der Waals surface area contributed by atoms with Gasteiger partial charge in [-0.15, -0.1) is 0 Å². The minimum Gasteiger partial charge on any atom is -0.292 e. The Morgan fingerprint density at radius 1 is 0.356 bits per heavy atom. The summed E-state index contributed by atoms with van der Waals surface area (Å²) in [6.07, 6.45) is 9.11. The third kappa shape index (κ3) is 5.45. The molecule has 2 aromatic heterocycles. The van der Waals surface area contributed by atoms with E-state index in [1.807, 2.05) is 0 Å². The highest BCUT2D eigenvalue weighted by atomic mass is 15.0. The van der Waals surface area contributed by atoms with Crippen molar-refractivity contribution in [1.29, 1.82) is 0 Å². The van der Waals surface area contributed by atoms with Crippen molar-refractivity contribution in [1.82, 2.24) is 9.38 Å². The van der Waals surface area contributed by atoms with Crippen LogP contribution in [0, 0.1) is 0 Å². The molecule has 11 aromatic rings. The van der Waals surface area contributed by atoms with Crippen LogP contribution < -0.4 is 0 Å². The van der Waals surface area contributed by atoms with Gasteiger partial charge in [-0.05, 0) is 132 Å². The number of aromatic nitrogens is 2. The molecule has 0 fully saturated rings. The predicted octanol–water partition coefficient (Wildman–Crippen LogP) is 15.5. The van der Waals surface area contributed by atoms with E-state index >= 15 is 0 Å². The fraction of sp³-hybridized carbons (Fsp3) is 0.0351. The summed E-state index contributed by atoms with van der Waals surface area (Å²) < 4.78 is 2.32. The molecule has 0 aliphatic heterocycles. The zero-order chi connectivity index (χ0) is 38.9. The minimum absolute atomic E-state index is 0.990. The molecule has 0 atom stereocenters. The molecule has 0 N–H and O–H groups in total. The fourth-order valence-electron chi connectivity index (χ4n) is 9.59. The van der Waals surface area contributed by atoms with Crippen molar-refractivity contribution in [2.24, 2.45) is 0 Å². The van der Waals surface area contributed by atoms with E-state index in [0.29, 0.717) is 0 Å². The Kier molecular flexibility index (Phi) is 7.71. The molecule has 9 aromatic carbocycles. The summed E-state index contributed by atoms with van der Waals surface area (Å²) in [4.78, 5) is 5.16. The molecular formula is C57H38N2. The topological polar surface area (TPSA) is 17.3 Å². The van der Waals surface area contributed by atoms with Crippen molar-refractivity contribution >= 4 is 65.5 Å². The van der Waals surface area contributed by atoms with Gasteiger partial charge >= 0.3 is 0 Å². The monoisotopic (exact) mass is 750 g/mol. The van der Waals surface area contributed by atoms with Gasteiger partial charge in [-0.2, -0.15) is 0 Å². The standard InChI is InChI=1S/C57H38N2/c1-3-13-37(14-4-1)39-23-27-41(28-24-39)55-46-18-7-8-19-47(46)56(42-29-25-40(26-30-42)38-15-5-2-6-16-38)51-36-44(31-33-48(51)55)43-32-34-49-50(35-43)45-17-9-11-21-53(45)59-54-22-12-10-20-52(54)58-57(49)59/h2-3,5-36H,1,4H2. The number of rotatable bonds is 5. The first-order valence-corrected chi connectivity index (χ1v) is 20.6. The number of fused-ring (bicyclic) bond motifs is 10. The van der Waals surface area contributed by atoms with Gasteiger partial charge in [0, 0.05) is 10.8 Å². The van der Waals surface area contributed by atoms with Crippen LogP contribution in [0.15, 0.2) is 206 Å². The number of para-hydroxylation sites is 3. The highest BCUT2D eigenvalue weighted by Crippen LogP contribution is 2.46. The second-order valence-electron chi connectivity index (χ2n) is 15.8. The number of nitrogens with zero attached hydrogens (tertiary/aromatic N) is 2. The molecule has 2 heteroatoms. The minimum atomic E-state index is 0.990. The van der Waals surface area contributed by atoms with E-state index in [0.717, 1.165) is 34.9 Å². The van der Waals surface area contributed by atoms with E-state index in [4.69, 9.17) is 4.98 Å². The van der Waals surface area contributed by atoms with E-state index in [-0.39, 0.29) is 0 Å². The van der Waals surface area contributed by atoms with Crippen molar-refractivity contribution in [3.8, 4) is 44.5 Å². The lowest BCUT2D eigenvalue weighted by Gasteiger charge is -2.19. The molecule has 0 radical (unpaired) electrons. The zero-order valence-electron chi connectivity index (χ0n) is 32.4. The maximum Gasteiger partial charge on any atom is 0.146 e. The Hall–Kier alpha value is -7.55. The van der Waals surface area contributed by atoms with Gasteiger partial charge in [-0.1, -0.05) is 170 Å². The predicted molar refractivity (Wildman–Crippen MR) is 251 cm³/mol. The van der Waals surface area contributed by atoms with Crippen LogP contribution in [-0.2, 0) is 0 Å². The second-order valence-corrected chi connectivity index (χ2v) is 15.8. The van der Waals surface area contributed by atoms with E-state index in [2.05, 4.69) is 211 Å². The van der Waals surface area contributed by atoms with Gasteiger partial charge in [0.15, 0.2) is 0 Å². The Bertz CT molecular complexity index is 3510. The van der Waals surface area contributed by atoms with Crippen molar-refractivity contribution in [3.05, 3.63) is 212 Å². The molecule has 1 aliphatic carbocycles. The maximum atomic E-state index is 5.16. The van der Waals surface area contributed by atoms with E-state index in [9.17, 15) is 0 Å². The van der Waals surface area contributed by atoms with Crippen LogP contribution in [-0.4, -0.2) is 9.38 Å². The van der Waals surface area contributed by atoms with Gasteiger partial charge < -0.3 is 0 Å². The third-order valence-corrected chi connectivity index (χ3v) is 12.4. The zero-order valence-corrected chi connectivity index (χ0v) is 32.4. The summed E-state index contributed by atoms with van der Waals surface area (Å²) in [6.45, 7) is 0. The lowest BCUT2D eigenvalue weighted by atomic mass is 9.84. The Labute approximate surface area is 342 Å². The number of benzene rings is 9. The number of pyridine rings is 1. The Morgan fingerprint density at radius 3 is 1.59 bits per heavy atom. The highest BCUT2D eigenvalue weighted by molar-refractivity contribution is 6.22. The molecule has 0 spiro atoms. The summed E-state index contributed by atoms with van der Waals surface area (Å²) in [5, 5.41) is 8.57. The van der Waals surface area contributed by atoms with Crippen LogP contribution in [0.4, 0.5) is 0 Å². The van der Waals surface area contributed by atoms with E-state index < -0.39 is 0 Å². The van der Waals surface area contributed by atoms with Crippen LogP contribution in [0.3, 0.4) is 0 Å².